The minimum absolute atomic E-state index is 0.341. The molecule has 0 aromatic rings. The average Bonchev–Trinajstić information content (AvgIpc) is 1.66. The quantitative estimate of drug-likeness (QED) is 0.332. The number of nitrogens with zero attached hydrogens (tertiary/aromatic N) is 1. The number of hydrogen-bond donors (Lipinski definition) is 1. The lowest BCUT2D eigenvalue weighted by Gasteiger charge is -2.03. The Bertz CT molecular complexity index is 70.8. The number of nitrogens with one attached hydrogen (secondary N) is 1. The summed E-state index contributed by atoms with van der Waals surface area (Å²) in [6.45, 7) is 3.98. The summed E-state index contributed by atoms with van der Waals surface area (Å²) in [4.78, 5) is 8.30. The van der Waals surface area contributed by atoms with Gasteiger partial charge in [0.1, 0.15) is 0 Å². The van der Waals surface area contributed by atoms with E-state index in [1.807, 2.05) is 13.8 Å². The zero-order valence-corrected chi connectivity index (χ0v) is 5.51. The average molecular weight is 116 g/mol. The molecule has 0 saturated carbocycles. The van der Waals surface area contributed by atoms with Gasteiger partial charge < -0.3 is 4.84 Å². The minimum Gasteiger partial charge on any atom is -0.397 e. The van der Waals surface area contributed by atoms with Crippen molar-refractivity contribution in [1.82, 2.24) is 5.48 Å². The predicted molar refractivity (Wildman–Crippen MR) is 33.8 cm³/mol. The molecule has 0 aliphatic carbocycles. The highest BCUT2D eigenvalue weighted by molar-refractivity contribution is 5.45. The van der Waals surface area contributed by atoms with Gasteiger partial charge in [-0.15, -0.1) is 0 Å². The fourth-order valence-electron chi connectivity index (χ4n) is 0.219. The zero-order valence-electron chi connectivity index (χ0n) is 5.51. The van der Waals surface area contributed by atoms with Crippen molar-refractivity contribution in [2.24, 2.45) is 4.99 Å². The molecule has 0 spiro atoms. The van der Waals surface area contributed by atoms with Gasteiger partial charge in [-0.25, -0.2) is 0 Å². The van der Waals surface area contributed by atoms with Crippen LogP contribution in [-0.2, 0) is 4.84 Å². The Morgan fingerprint density at radius 1 is 1.62 bits per heavy atom. The molecule has 0 aliphatic rings. The van der Waals surface area contributed by atoms with E-state index in [4.69, 9.17) is 4.84 Å². The van der Waals surface area contributed by atoms with Crippen LogP contribution in [0.5, 0.6) is 0 Å². The van der Waals surface area contributed by atoms with Crippen LogP contribution >= 0.6 is 0 Å². The van der Waals surface area contributed by atoms with Crippen LogP contribution < -0.4 is 5.48 Å². The lowest BCUT2D eigenvalue weighted by atomic mass is 10.4. The van der Waals surface area contributed by atoms with Crippen molar-refractivity contribution < 1.29 is 4.84 Å². The van der Waals surface area contributed by atoms with Crippen molar-refractivity contribution in [2.45, 2.75) is 19.9 Å². The normalized spacial score (nSPS) is 11.0. The van der Waals surface area contributed by atoms with Crippen LogP contribution in [0.2, 0.25) is 0 Å². The van der Waals surface area contributed by atoms with Crippen LogP contribution in [0.25, 0.3) is 0 Å². The van der Waals surface area contributed by atoms with E-state index < -0.39 is 0 Å². The van der Waals surface area contributed by atoms with Crippen LogP contribution in [0.15, 0.2) is 4.99 Å². The van der Waals surface area contributed by atoms with Crippen molar-refractivity contribution in [2.75, 3.05) is 7.05 Å². The largest absolute Gasteiger partial charge is 0.397 e. The molecule has 3 heteroatoms. The minimum atomic E-state index is 0.341. The van der Waals surface area contributed by atoms with Gasteiger partial charge in [0.15, 0.2) is 6.40 Å². The summed E-state index contributed by atoms with van der Waals surface area (Å²) in [7, 11) is 1.65. The first-order valence-electron chi connectivity index (χ1n) is 2.59. The highest BCUT2D eigenvalue weighted by atomic mass is 16.6. The van der Waals surface area contributed by atoms with E-state index >= 15 is 0 Å². The smallest absolute Gasteiger partial charge is 0.196 e. The second-order valence-electron chi connectivity index (χ2n) is 1.75. The molecule has 0 aromatic heterocycles. The zero-order chi connectivity index (χ0) is 6.41. The first-order chi connectivity index (χ1) is 3.77. The first-order valence-corrected chi connectivity index (χ1v) is 2.59. The van der Waals surface area contributed by atoms with Gasteiger partial charge in [-0.05, 0) is 13.8 Å². The molecule has 0 rings (SSSR count). The molecule has 0 amide bonds. The Morgan fingerprint density at radius 2 is 2.25 bits per heavy atom. The van der Waals surface area contributed by atoms with Gasteiger partial charge in [0.25, 0.3) is 0 Å². The molecule has 0 fully saturated rings. The number of hydroxylamine groups is 1. The molecule has 0 unspecified atom stereocenters. The van der Waals surface area contributed by atoms with E-state index in [0.717, 1.165) is 0 Å². The standard InChI is InChI=1S/C5H12N2O/c1-5(2)7-8-4-6-3/h4-5,7H,1-3H3. The Morgan fingerprint density at radius 3 is 2.62 bits per heavy atom. The van der Waals surface area contributed by atoms with E-state index in [1.165, 1.54) is 6.40 Å². The summed E-state index contributed by atoms with van der Waals surface area (Å²) in [6, 6.07) is 0.341. The van der Waals surface area contributed by atoms with E-state index in [2.05, 4.69) is 10.5 Å². The molecule has 0 aromatic carbocycles. The van der Waals surface area contributed by atoms with Crippen LogP contribution in [-0.4, -0.2) is 19.5 Å². The molecule has 0 radical (unpaired) electrons. The first kappa shape index (κ1) is 7.43. The van der Waals surface area contributed by atoms with Crippen molar-refractivity contribution in [3.8, 4) is 0 Å². The molecule has 8 heavy (non-hydrogen) atoms. The van der Waals surface area contributed by atoms with Crippen LogP contribution in [0.4, 0.5) is 0 Å². The molecule has 0 aliphatic heterocycles. The SMILES string of the molecule is CN=CONC(C)C. The Balaban J connectivity index is 2.93. The number of rotatable bonds is 3. The summed E-state index contributed by atoms with van der Waals surface area (Å²) in [5.41, 5.74) is 2.70. The Kier molecular flexibility index (Phi) is 4.26. The predicted octanol–water partition coefficient (Wildman–Crippen LogP) is 0.574. The maximum absolute atomic E-state index is 4.70. The van der Waals surface area contributed by atoms with Crippen molar-refractivity contribution >= 4 is 6.40 Å². The molecule has 1 N–H and O–H groups in total. The van der Waals surface area contributed by atoms with Crippen molar-refractivity contribution in [3.63, 3.8) is 0 Å². The van der Waals surface area contributed by atoms with E-state index in [0.29, 0.717) is 6.04 Å². The molecule has 0 saturated heterocycles. The highest BCUT2D eigenvalue weighted by Crippen LogP contribution is 1.72. The lowest BCUT2D eigenvalue weighted by Crippen LogP contribution is -2.21. The van der Waals surface area contributed by atoms with E-state index in [1.54, 1.807) is 7.05 Å². The number of aliphatic imine (C=N–C) groups is 1. The fraction of sp³-hybridized carbons (Fsp3) is 0.800. The monoisotopic (exact) mass is 116 g/mol. The molecule has 0 atom stereocenters. The van der Waals surface area contributed by atoms with E-state index in [9.17, 15) is 0 Å². The Labute approximate surface area is 49.7 Å². The molecule has 0 heterocycles. The molecule has 3 nitrogen and oxygen atoms in total. The van der Waals surface area contributed by atoms with Crippen LogP contribution in [0, 0.1) is 0 Å². The molecule has 48 valence electrons. The van der Waals surface area contributed by atoms with Gasteiger partial charge in [-0.1, -0.05) is 0 Å². The summed E-state index contributed by atoms with van der Waals surface area (Å²) >= 11 is 0. The van der Waals surface area contributed by atoms with Crippen LogP contribution in [0.3, 0.4) is 0 Å². The molecular weight excluding hydrogens is 104 g/mol. The third-order valence-electron chi connectivity index (χ3n) is 0.462. The number of hydrogen-bond acceptors (Lipinski definition) is 3. The molecular formula is C5H12N2O. The van der Waals surface area contributed by atoms with Gasteiger partial charge in [-0.2, -0.15) is 5.48 Å². The van der Waals surface area contributed by atoms with Crippen molar-refractivity contribution in [3.05, 3.63) is 0 Å². The second-order valence-corrected chi connectivity index (χ2v) is 1.75. The van der Waals surface area contributed by atoms with Gasteiger partial charge >= 0.3 is 0 Å². The third-order valence-corrected chi connectivity index (χ3v) is 0.462. The summed E-state index contributed by atoms with van der Waals surface area (Å²) in [5, 5.41) is 0. The summed E-state index contributed by atoms with van der Waals surface area (Å²) < 4.78 is 0. The fourth-order valence-corrected chi connectivity index (χ4v) is 0.219. The van der Waals surface area contributed by atoms with Crippen LogP contribution in [0.1, 0.15) is 13.8 Å². The lowest BCUT2D eigenvalue weighted by molar-refractivity contribution is 0.165. The summed E-state index contributed by atoms with van der Waals surface area (Å²) in [6.07, 6.45) is 1.36. The third kappa shape index (κ3) is 5.43. The maximum Gasteiger partial charge on any atom is 0.196 e. The van der Waals surface area contributed by atoms with E-state index in [-0.39, 0.29) is 0 Å². The maximum atomic E-state index is 4.70. The Hall–Kier alpha value is -0.570. The van der Waals surface area contributed by atoms with Crippen molar-refractivity contribution in [1.29, 1.82) is 0 Å². The van der Waals surface area contributed by atoms with Gasteiger partial charge in [0.2, 0.25) is 0 Å². The van der Waals surface area contributed by atoms with Gasteiger partial charge in [0, 0.05) is 13.1 Å². The highest BCUT2D eigenvalue weighted by Gasteiger charge is 1.85. The topological polar surface area (TPSA) is 33.6 Å². The van der Waals surface area contributed by atoms with Gasteiger partial charge in [0.05, 0.1) is 0 Å². The van der Waals surface area contributed by atoms with Gasteiger partial charge in [-0.3, -0.25) is 4.99 Å². The molecule has 0 bridgehead atoms. The second kappa shape index (κ2) is 4.59. The summed E-state index contributed by atoms with van der Waals surface area (Å²) in [5.74, 6) is 0.